The molecule has 1 amide bonds. The van der Waals surface area contributed by atoms with Crippen LogP contribution in [0.5, 0.6) is 0 Å². The van der Waals surface area contributed by atoms with Crippen LogP contribution in [0.4, 0.5) is 0 Å². The number of halogens is 1. The number of benzene rings is 1. The molecule has 0 spiro atoms. The Bertz CT molecular complexity index is 514. The Morgan fingerprint density at radius 1 is 1.23 bits per heavy atom. The van der Waals surface area contributed by atoms with Crippen molar-refractivity contribution in [3.05, 3.63) is 34.9 Å². The summed E-state index contributed by atoms with van der Waals surface area (Å²) >= 11 is 6.07. The topological polar surface area (TPSA) is 24.8 Å². The summed E-state index contributed by atoms with van der Waals surface area (Å²) in [5, 5.41) is 0.801. The molecule has 1 aromatic carbocycles. The third-order valence-electron chi connectivity index (χ3n) is 4.98. The molecule has 2 heterocycles. The SMILES string of the molecule is O=C([C@H]1CCC[NH+](Cc2cccc(Cl)c2)C1)N1CCCCC1. The molecule has 1 unspecified atom stereocenters. The van der Waals surface area contributed by atoms with Crippen molar-refractivity contribution < 1.29 is 9.69 Å². The Balaban J connectivity index is 1.57. The van der Waals surface area contributed by atoms with Crippen LogP contribution in [0.25, 0.3) is 0 Å². The fourth-order valence-electron chi connectivity index (χ4n) is 3.83. The molecule has 0 aliphatic carbocycles. The molecule has 2 aliphatic rings. The van der Waals surface area contributed by atoms with Crippen molar-refractivity contribution in [1.29, 1.82) is 0 Å². The van der Waals surface area contributed by atoms with Crippen LogP contribution >= 0.6 is 11.6 Å². The molecule has 4 heteroatoms. The van der Waals surface area contributed by atoms with Gasteiger partial charge in [0.25, 0.3) is 0 Å². The molecule has 1 aromatic rings. The first-order valence-electron chi connectivity index (χ1n) is 8.59. The maximum absolute atomic E-state index is 12.7. The maximum atomic E-state index is 12.7. The standard InChI is InChI=1S/C18H25ClN2O/c19-17-8-4-6-15(12-17)13-20-9-5-7-16(14-20)18(22)21-10-2-1-3-11-21/h4,6,8,12,16H,1-3,5,7,9-11,13-14H2/p+1/t16-/m0/s1. The van der Waals surface area contributed by atoms with Crippen LogP contribution in [0.15, 0.2) is 24.3 Å². The van der Waals surface area contributed by atoms with E-state index in [0.717, 1.165) is 50.6 Å². The molecule has 2 aliphatic heterocycles. The second kappa shape index (κ2) is 7.47. The predicted octanol–water partition coefficient (Wildman–Crippen LogP) is 2.15. The van der Waals surface area contributed by atoms with Gasteiger partial charge >= 0.3 is 0 Å². The number of likely N-dealkylation sites (tertiary alicyclic amines) is 2. The molecule has 3 rings (SSSR count). The number of piperidine rings is 2. The lowest BCUT2D eigenvalue weighted by Crippen LogP contribution is -3.12. The Hall–Kier alpha value is -1.06. The maximum Gasteiger partial charge on any atom is 0.231 e. The normalized spacial score (nSPS) is 26.0. The van der Waals surface area contributed by atoms with Gasteiger partial charge in [-0.3, -0.25) is 4.79 Å². The van der Waals surface area contributed by atoms with Gasteiger partial charge in [-0.25, -0.2) is 0 Å². The van der Waals surface area contributed by atoms with Gasteiger partial charge in [-0.15, -0.1) is 0 Å². The lowest BCUT2D eigenvalue weighted by molar-refractivity contribution is -0.921. The second-order valence-corrected chi connectivity index (χ2v) is 7.17. The van der Waals surface area contributed by atoms with E-state index < -0.39 is 0 Å². The van der Waals surface area contributed by atoms with E-state index >= 15 is 0 Å². The molecule has 3 nitrogen and oxygen atoms in total. The highest BCUT2D eigenvalue weighted by atomic mass is 35.5. The van der Waals surface area contributed by atoms with Crippen molar-refractivity contribution in [2.75, 3.05) is 26.2 Å². The first-order chi connectivity index (χ1) is 10.7. The van der Waals surface area contributed by atoms with Crippen molar-refractivity contribution in [2.24, 2.45) is 5.92 Å². The van der Waals surface area contributed by atoms with E-state index in [1.807, 2.05) is 18.2 Å². The minimum Gasteiger partial charge on any atom is -0.342 e. The molecule has 2 fully saturated rings. The number of rotatable bonds is 3. The zero-order valence-corrected chi connectivity index (χ0v) is 13.9. The van der Waals surface area contributed by atoms with Gasteiger partial charge in [0.15, 0.2) is 0 Å². The van der Waals surface area contributed by atoms with Gasteiger partial charge in [-0.05, 0) is 44.2 Å². The summed E-state index contributed by atoms with van der Waals surface area (Å²) in [6.07, 6.45) is 5.85. The van der Waals surface area contributed by atoms with Crippen molar-refractivity contribution in [3.8, 4) is 0 Å². The fraction of sp³-hybridized carbons (Fsp3) is 0.611. The summed E-state index contributed by atoms with van der Waals surface area (Å²) in [6.45, 7) is 5.06. The zero-order chi connectivity index (χ0) is 15.4. The quantitative estimate of drug-likeness (QED) is 0.906. The van der Waals surface area contributed by atoms with E-state index in [0.29, 0.717) is 5.91 Å². The van der Waals surface area contributed by atoms with Gasteiger partial charge in [-0.1, -0.05) is 23.7 Å². The predicted molar refractivity (Wildman–Crippen MR) is 89.0 cm³/mol. The second-order valence-electron chi connectivity index (χ2n) is 6.74. The Kier molecular flexibility index (Phi) is 5.37. The summed E-state index contributed by atoms with van der Waals surface area (Å²) in [5.41, 5.74) is 1.27. The van der Waals surface area contributed by atoms with Crippen molar-refractivity contribution in [2.45, 2.75) is 38.6 Å². The van der Waals surface area contributed by atoms with Crippen molar-refractivity contribution in [1.82, 2.24) is 4.90 Å². The van der Waals surface area contributed by atoms with Gasteiger partial charge in [0.05, 0.1) is 19.0 Å². The minimum absolute atomic E-state index is 0.223. The van der Waals surface area contributed by atoms with E-state index in [9.17, 15) is 4.79 Å². The largest absolute Gasteiger partial charge is 0.342 e. The number of hydrogen-bond donors (Lipinski definition) is 1. The number of nitrogens with one attached hydrogen (secondary N) is 1. The molecular formula is C18H26ClN2O+. The van der Waals surface area contributed by atoms with Crippen LogP contribution in [0.1, 0.15) is 37.7 Å². The van der Waals surface area contributed by atoms with Crippen LogP contribution in [0, 0.1) is 5.92 Å². The molecule has 120 valence electrons. The third-order valence-corrected chi connectivity index (χ3v) is 5.21. The van der Waals surface area contributed by atoms with Crippen LogP contribution in [-0.4, -0.2) is 37.0 Å². The lowest BCUT2D eigenvalue weighted by Gasteiger charge is -2.34. The first kappa shape index (κ1) is 15.8. The summed E-state index contributed by atoms with van der Waals surface area (Å²) in [6, 6.07) is 8.11. The average molecular weight is 322 g/mol. The summed E-state index contributed by atoms with van der Waals surface area (Å²) in [4.78, 5) is 16.3. The van der Waals surface area contributed by atoms with Crippen LogP contribution < -0.4 is 4.90 Å². The van der Waals surface area contributed by atoms with Crippen LogP contribution in [0.2, 0.25) is 5.02 Å². The Morgan fingerprint density at radius 2 is 2.05 bits per heavy atom. The van der Waals surface area contributed by atoms with Crippen LogP contribution in [0.3, 0.4) is 0 Å². The molecule has 2 atom stereocenters. The highest BCUT2D eigenvalue weighted by Crippen LogP contribution is 2.17. The highest BCUT2D eigenvalue weighted by Gasteiger charge is 2.32. The van der Waals surface area contributed by atoms with Crippen molar-refractivity contribution >= 4 is 17.5 Å². The monoisotopic (exact) mass is 321 g/mol. The van der Waals surface area contributed by atoms with Gasteiger partial charge in [0.1, 0.15) is 6.54 Å². The molecule has 0 aromatic heterocycles. The smallest absolute Gasteiger partial charge is 0.231 e. The molecule has 1 N–H and O–H groups in total. The summed E-state index contributed by atoms with van der Waals surface area (Å²) < 4.78 is 0. The van der Waals surface area contributed by atoms with E-state index in [1.54, 1.807) is 0 Å². The molecule has 2 saturated heterocycles. The number of quaternary nitrogens is 1. The molecule has 22 heavy (non-hydrogen) atoms. The number of carbonyl (C=O) groups is 1. The lowest BCUT2D eigenvalue weighted by atomic mass is 9.95. The molecule has 0 radical (unpaired) electrons. The number of carbonyl (C=O) groups excluding carboxylic acids is 1. The van der Waals surface area contributed by atoms with E-state index in [4.69, 9.17) is 11.6 Å². The van der Waals surface area contributed by atoms with Gasteiger partial charge in [0.2, 0.25) is 5.91 Å². The van der Waals surface area contributed by atoms with Gasteiger partial charge in [0, 0.05) is 23.7 Å². The highest BCUT2D eigenvalue weighted by molar-refractivity contribution is 6.30. The fourth-order valence-corrected chi connectivity index (χ4v) is 4.04. The van der Waals surface area contributed by atoms with E-state index in [2.05, 4.69) is 11.0 Å². The average Bonchev–Trinajstić information content (AvgIpc) is 2.55. The Labute approximate surface area is 138 Å². The number of nitrogens with zero attached hydrogens (tertiary/aromatic N) is 1. The minimum atomic E-state index is 0.223. The number of amides is 1. The molecule has 0 saturated carbocycles. The molecule has 0 bridgehead atoms. The van der Waals surface area contributed by atoms with Crippen molar-refractivity contribution in [3.63, 3.8) is 0 Å². The third kappa shape index (κ3) is 4.02. The van der Waals surface area contributed by atoms with E-state index in [1.165, 1.54) is 29.7 Å². The first-order valence-corrected chi connectivity index (χ1v) is 8.97. The Morgan fingerprint density at radius 3 is 2.82 bits per heavy atom. The number of hydrogen-bond acceptors (Lipinski definition) is 1. The zero-order valence-electron chi connectivity index (χ0n) is 13.2. The molecular weight excluding hydrogens is 296 g/mol. The summed E-state index contributed by atoms with van der Waals surface area (Å²) in [5.74, 6) is 0.629. The van der Waals surface area contributed by atoms with E-state index in [-0.39, 0.29) is 5.92 Å². The van der Waals surface area contributed by atoms with Gasteiger partial charge < -0.3 is 9.80 Å². The summed E-state index contributed by atoms with van der Waals surface area (Å²) in [7, 11) is 0. The van der Waals surface area contributed by atoms with Gasteiger partial charge in [-0.2, -0.15) is 0 Å². The van der Waals surface area contributed by atoms with Crippen LogP contribution in [-0.2, 0) is 11.3 Å².